The number of amides is 1. The summed E-state index contributed by atoms with van der Waals surface area (Å²) in [7, 11) is 0. The first-order valence-corrected chi connectivity index (χ1v) is 6.52. The predicted molar refractivity (Wildman–Crippen MR) is 67.8 cm³/mol. The van der Waals surface area contributed by atoms with Gasteiger partial charge >= 0.3 is 0 Å². The van der Waals surface area contributed by atoms with Crippen LogP contribution in [0, 0.1) is 5.92 Å². The molecule has 1 aliphatic rings. The van der Waals surface area contributed by atoms with E-state index in [-0.39, 0.29) is 5.91 Å². The van der Waals surface area contributed by atoms with E-state index in [2.05, 4.69) is 26.2 Å². The molecular weight excluding hydrogens is 284 g/mol. The maximum Gasteiger partial charge on any atom is 0.269 e. The lowest BCUT2D eigenvalue weighted by molar-refractivity contribution is 0.0642. The first kappa shape index (κ1) is 12.5. The number of ether oxygens (including phenoxy) is 1. The molecule has 1 saturated heterocycles. The van der Waals surface area contributed by atoms with Gasteiger partial charge in [0.25, 0.3) is 5.91 Å². The fourth-order valence-corrected chi connectivity index (χ4v) is 2.02. The topological polar surface area (TPSA) is 51.2 Å². The van der Waals surface area contributed by atoms with E-state index in [1.54, 1.807) is 12.3 Å². The van der Waals surface area contributed by atoms with Gasteiger partial charge in [0, 0.05) is 30.4 Å². The molecule has 2 rings (SSSR count). The van der Waals surface area contributed by atoms with Gasteiger partial charge in [0.2, 0.25) is 0 Å². The fraction of sp³-hybridized carbons (Fsp3) is 0.500. The zero-order valence-corrected chi connectivity index (χ0v) is 11.1. The second kappa shape index (κ2) is 6.12. The van der Waals surface area contributed by atoms with Crippen molar-refractivity contribution in [3.05, 3.63) is 28.5 Å². The fourth-order valence-electron chi connectivity index (χ4n) is 1.79. The minimum Gasteiger partial charge on any atom is -0.381 e. The minimum absolute atomic E-state index is 0.107. The van der Waals surface area contributed by atoms with E-state index < -0.39 is 0 Å². The largest absolute Gasteiger partial charge is 0.381 e. The predicted octanol–water partition coefficient (Wildman–Crippen LogP) is 2.00. The Balaban J connectivity index is 1.82. The number of nitrogens with zero attached hydrogens (tertiary/aromatic N) is 1. The molecule has 0 atom stereocenters. The van der Waals surface area contributed by atoms with Crippen LogP contribution in [0.1, 0.15) is 23.3 Å². The number of hydrogen-bond acceptors (Lipinski definition) is 3. The Bertz CT molecular complexity index is 375. The molecule has 0 radical (unpaired) electrons. The highest BCUT2D eigenvalue weighted by atomic mass is 79.9. The van der Waals surface area contributed by atoms with Crippen LogP contribution in [0.5, 0.6) is 0 Å². The SMILES string of the molecule is O=C(NCC1CCOCC1)c1ccc(Br)cn1. The van der Waals surface area contributed by atoms with Crippen LogP contribution in [-0.2, 0) is 4.74 Å². The monoisotopic (exact) mass is 298 g/mol. The van der Waals surface area contributed by atoms with Gasteiger partial charge in [-0.05, 0) is 46.8 Å². The molecule has 2 heterocycles. The van der Waals surface area contributed by atoms with Gasteiger partial charge in [-0.1, -0.05) is 0 Å². The normalized spacial score (nSPS) is 16.8. The molecule has 0 unspecified atom stereocenters. The highest BCUT2D eigenvalue weighted by Crippen LogP contribution is 2.13. The summed E-state index contributed by atoms with van der Waals surface area (Å²) in [6.07, 6.45) is 3.67. The van der Waals surface area contributed by atoms with Gasteiger partial charge in [-0.25, -0.2) is 4.98 Å². The molecule has 0 bridgehead atoms. The molecule has 1 N–H and O–H groups in total. The molecule has 0 aromatic carbocycles. The Morgan fingerprint density at radius 3 is 2.88 bits per heavy atom. The first-order chi connectivity index (χ1) is 8.25. The van der Waals surface area contributed by atoms with Crippen LogP contribution < -0.4 is 5.32 Å². The lowest BCUT2D eigenvalue weighted by Gasteiger charge is -2.21. The van der Waals surface area contributed by atoms with Crippen LogP contribution in [-0.4, -0.2) is 30.6 Å². The molecule has 1 amide bonds. The highest BCUT2D eigenvalue weighted by molar-refractivity contribution is 9.10. The third kappa shape index (κ3) is 3.78. The number of hydrogen-bond donors (Lipinski definition) is 1. The zero-order valence-electron chi connectivity index (χ0n) is 9.49. The molecule has 0 spiro atoms. The Hall–Kier alpha value is -0.940. The minimum atomic E-state index is -0.107. The van der Waals surface area contributed by atoms with Gasteiger partial charge in [-0.2, -0.15) is 0 Å². The summed E-state index contributed by atoms with van der Waals surface area (Å²) in [5.41, 5.74) is 0.459. The van der Waals surface area contributed by atoms with Crippen molar-refractivity contribution in [1.82, 2.24) is 10.3 Å². The smallest absolute Gasteiger partial charge is 0.269 e. The Morgan fingerprint density at radius 1 is 1.47 bits per heavy atom. The number of rotatable bonds is 3. The summed E-state index contributed by atoms with van der Waals surface area (Å²) in [6.45, 7) is 2.31. The van der Waals surface area contributed by atoms with Crippen LogP contribution in [0.25, 0.3) is 0 Å². The third-order valence-electron chi connectivity index (χ3n) is 2.85. The van der Waals surface area contributed by atoms with Gasteiger partial charge in [0.1, 0.15) is 5.69 Å². The average molecular weight is 299 g/mol. The molecule has 92 valence electrons. The van der Waals surface area contributed by atoms with Crippen LogP contribution in [0.4, 0.5) is 0 Å². The average Bonchev–Trinajstić information content (AvgIpc) is 2.38. The Labute approximate surface area is 109 Å². The van der Waals surface area contributed by atoms with Gasteiger partial charge in [0.05, 0.1) is 0 Å². The van der Waals surface area contributed by atoms with Gasteiger partial charge < -0.3 is 10.1 Å². The van der Waals surface area contributed by atoms with Crippen molar-refractivity contribution in [3.8, 4) is 0 Å². The van der Waals surface area contributed by atoms with E-state index >= 15 is 0 Å². The van der Waals surface area contributed by atoms with E-state index in [1.807, 2.05) is 6.07 Å². The summed E-state index contributed by atoms with van der Waals surface area (Å²) in [5.74, 6) is 0.423. The molecule has 4 nitrogen and oxygen atoms in total. The van der Waals surface area contributed by atoms with E-state index in [4.69, 9.17) is 4.74 Å². The van der Waals surface area contributed by atoms with Crippen molar-refractivity contribution >= 4 is 21.8 Å². The third-order valence-corrected chi connectivity index (χ3v) is 3.32. The van der Waals surface area contributed by atoms with Crippen LogP contribution in [0.2, 0.25) is 0 Å². The second-order valence-corrected chi connectivity index (χ2v) is 5.04. The summed E-state index contributed by atoms with van der Waals surface area (Å²) in [4.78, 5) is 15.8. The molecule has 1 aliphatic heterocycles. The first-order valence-electron chi connectivity index (χ1n) is 5.73. The summed E-state index contributed by atoms with van der Waals surface area (Å²) in [5, 5.41) is 2.92. The molecule has 1 fully saturated rings. The lowest BCUT2D eigenvalue weighted by atomic mass is 10.0. The Kier molecular flexibility index (Phi) is 4.50. The van der Waals surface area contributed by atoms with E-state index in [9.17, 15) is 4.79 Å². The van der Waals surface area contributed by atoms with E-state index in [0.29, 0.717) is 18.2 Å². The van der Waals surface area contributed by atoms with Gasteiger partial charge in [-0.3, -0.25) is 4.79 Å². The molecule has 0 saturated carbocycles. The number of aromatic nitrogens is 1. The lowest BCUT2D eigenvalue weighted by Crippen LogP contribution is -2.32. The van der Waals surface area contributed by atoms with Crippen molar-refractivity contribution in [2.24, 2.45) is 5.92 Å². The van der Waals surface area contributed by atoms with Crippen LogP contribution >= 0.6 is 15.9 Å². The molecule has 17 heavy (non-hydrogen) atoms. The number of carbonyl (C=O) groups excluding carboxylic acids is 1. The number of halogens is 1. The van der Waals surface area contributed by atoms with Crippen LogP contribution in [0.15, 0.2) is 22.8 Å². The van der Waals surface area contributed by atoms with Crippen molar-refractivity contribution in [1.29, 1.82) is 0 Å². The highest BCUT2D eigenvalue weighted by Gasteiger charge is 2.15. The Morgan fingerprint density at radius 2 is 2.24 bits per heavy atom. The molecular formula is C12H15BrN2O2. The maximum atomic E-state index is 11.8. The van der Waals surface area contributed by atoms with E-state index in [1.165, 1.54) is 0 Å². The summed E-state index contributed by atoms with van der Waals surface area (Å²) in [6, 6.07) is 3.53. The van der Waals surface area contributed by atoms with Crippen molar-refractivity contribution in [3.63, 3.8) is 0 Å². The standard InChI is InChI=1S/C12H15BrN2O2/c13-10-1-2-11(14-8-10)12(16)15-7-9-3-5-17-6-4-9/h1-2,8-9H,3-7H2,(H,15,16). The summed E-state index contributed by atoms with van der Waals surface area (Å²) < 4.78 is 6.15. The molecule has 0 aliphatic carbocycles. The van der Waals surface area contributed by atoms with Crippen molar-refractivity contribution in [2.75, 3.05) is 19.8 Å². The summed E-state index contributed by atoms with van der Waals surface area (Å²) >= 11 is 3.29. The number of nitrogens with one attached hydrogen (secondary N) is 1. The van der Waals surface area contributed by atoms with Crippen molar-refractivity contribution < 1.29 is 9.53 Å². The second-order valence-electron chi connectivity index (χ2n) is 4.13. The van der Waals surface area contributed by atoms with Crippen LogP contribution in [0.3, 0.4) is 0 Å². The quantitative estimate of drug-likeness (QED) is 0.929. The number of carbonyl (C=O) groups is 1. The molecule has 5 heteroatoms. The zero-order chi connectivity index (χ0) is 12.1. The van der Waals surface area contributed by atoms with Gasteiger partial charge in [-0.15, -0.1) is 0 Å². The molecule has 1 aromatic heterocycles. The van der Waals surface area contributed by atoms with E-state index in [0.717, 1.165) is 30.5 Å². The van der Waals surface area contributed by atoms with Crippen molar-refractivity contribution in [2.45, 2.75) is 12.8 Å². The maximum absolute atomic E-state index is 11.8. The molecule has 1 aromatic rings. The van der Waals surface area contributed by atoms with Gasteiger partial charge in [0.15, 0.2) is 0 Å². The number of pyridine rings is 1.